The number of ether oxygens (including phenoxy) is 1. The van der Waals surface area contributed by atoms with Gasteiger partial charge in [0.25, 0.3) is 0 Å². The monoisotopic (exact) mass is 140 g/mol. The third kappa shape index (κ3) is 3.08. The molecule has 0 fully saturated rings. The molecule has 0 saturated heterocycles. The molecule has 0 saturated carbocycles. The van der Waals surface area contributed by atoms with Gasteiger partial charge in [0.05, 0.1) is 13.2 Å². The van der Waals surface area contributed by atoms with Crippen LogP contribution in [0.4, 0.5) is 0 Å². The number of aliphatic imine (C=N–C) groups is 1. The van der Waals surface area contributed by atoms with Gasteiger partial charge in [-0.15, -0.1) is 0 Å². The van der Waals surface area contributed by atoms with Crippen molar-refractivity contribution < 1.29 is 4.74 Å². The Bertz CT molecular complexity index is 146. The summed E-state index contributed by atoms with van der Waals surface area (Å²) in [7, 11) is 1.51. The highest BCUT2D eigenvalue weighted by Crippen LogP contribution is 2.03. The van der Waals surface area contributed by atoms with Crippen molar-refractivity contribution in [1.82, 2.24) is 0 Å². The lowest BCUT2D eigenvalue weighted by Gasteiger charge is -2.04. The molecule has 0 rings (SSSR count). The van der Waals surface area contributed by atoms with E-state index >= 15 is 0 Å². The van der Waals surface area contributed by atoms with Crippen LogP contribution in [0.2, 0.25) is 0 Å². The summed E-state index contributed by atoms with van der Waals surface area (Å²) in [5, 5.41) is 8.50. The van der Waals surface area contributed by atoms with Crippen molar-refractivity contribution in [3.05, 3.63) is 0 Å². The standard InChI is InChI=1S/C7H12N2O/c1-6(2)7(4-8)9-5-10-3/h5-7H,1-3H3. The van der Waals surface area contributed by atoms with E-state index in [4.69, 9.17) is 5.26 Å². The Morgan fingerprint density at radius 3 is 2.50 bits per heavy atom. The first kappa shape index (κ1) is 8.96. The molecule has 0 spiro atoms. The molecule has 10 heavy (non-hydrogen) atoms. The van der Waals surface area contributed by atoms with Crippen LogP contribution >= 0.6 is 0 Å². The van der Waals surface area contributed by atoms with Crippen LogP contribution in [0.15, 0.2) is 4.99 Å². The van der Waals surface area contributed by atoms with Crippen molar-refractivity contribution in [2.75, 3.05) is 7.11 Å². The highest BCUT2D eigenvalue weighted by Gasteiger charge is 2.08. The van der Waals surface area contributed by atoms with Crippen molar-refractivity contribution in [1.29, 1.82) is 5.26 Å². The van der Waals surface area contributed by atoms with Gasteiger partial charge in [0.2, 0.25) is 0 Å². The second-order valence-corrected chi connectivity index (χ2v) is 2.31. The molecule has 0 aliphatic heterocycles. The minimum atomic E-state index is -0.278. The number of nitrogens with zero attached hydrogens (tertiary/aromatic N) is 2. The lowest BCUT2D eigenvalue weighted by atomic mass is 10.1. The molecule has 0 amide bonds. The van der Waals surface area contributed by atoms with Gasteiger partial charge >= 0.3 is 0 Å². The van der Waals surface area contributed by atoms with Gasteiger partial charge in [0.1, 0.15) is 6.04 Å². The second kappa shape index (κ2) is 4.80. The van der Waals surface area contributed by atoms with Crippen LogP contribution < -0.4 is 0 Å². The lowest BCUT2D eigenvalue weighted by Crippen LogP contribution is -2.09. The molecule has 1 unspecified atom stereocenters. The van der Waals surface area contributed by atoms with Crippen molar-refractivity contribution >= 4 is 6.40 Å². The van der Waals surface area contributed by atoms with E-state index in [1.807, 2.05) is 13.8 Å². The molecule has 0 heterocycles. The van der Waals surface area contributed by atoms with E-state index in [2.05, 4.69) is 15.8 Å². The number of hydrogen-bond donors (Lipinski definition) is 0. The molecule has 0 radical (unpaired) electrons. The van der Waals surface area contributed by atoms with Gasteiger partial charge < -0.3 is 4.74 Å². The highest BCUT2D eigenvalue weighted by molar-refractivity contribution is 5.46. The van der Waals surface area contributed by atoms with E-state index in [0.717, 1.165) is 0 Å². The third-order valence-corrected chi connectivity index (χ3v) is 1.09. The predicted octanol–water partition coefficient (Wildman–Crippen LogP) is 1.21. The summed E-state index contributed by atoms with van der Waals surface area (Å²) in [4.78, 5) is 3.85. The van der Waals surface area contributed by atoms with Gasteiger partial charge in [0.15, 0.2) is 6.40 Å². The molecule has 0 aromatic rings. The van der Waals surface area contributed by atoms with Gasteiger partial charge in [0, 0.05) is 0 Å². The zero-order valence-electron chi connectivity index (χ0n) is 6.53. The first-order valence-corrected chi connectivity index (χ1v) is 3.16. The molecule has 0 bridgehead atoms. The molecule has 0 aromatic carbocycles. The normalized spacial score (nSPS) is 13.5. The molecular weight excluding hydrogens is 128 g/mol. The summed E-state index contributed by atoms with van der Waals surface area (Å²) in [6.45, 7) is 3.89. The van der Waals surface area contributed by atoms with Crippen molar-refractivity contribution in [2.45, 2.75) is 19.9 Å². The van der Waals surface area contributed by atoms with Crippen LogP contribution in [0.3, 0.4) is 0 Å². The fourth-order valence-electron chi connectivity index (χ4n) is 0.481. The Morgan fingerprint density at radius 2 is 2.20 bits per heavy atom. The first-order chi connectivity index (χ1) is 4.72. The van der Waals surface area contributed by atoms with E-state index < -0.39 is 0 Å². The van der Waals surface area contributed by atoms with E-state index in [0.29, 0.717) is 0 Å². The van der Waals surface area contributed by atoms with Crippen molar-refractivity contribution in [3.8, 4) is 6.07 Å². The number of hydrogen-bond acceptors (Lipinski definition) is 3. The summed E-state index contributed by atoms with van der Waals surface area (Å²) in [5.41, 5.74) is 0. The van der Waals surface area contributed by atoms with Crippen LogP contribution in [0.5, 0.6) is 0 Å². The van der Waals surface area contributed by atoms with Crippen LogP contribution in [0.25, 0.3) is 0 Å². The summed E-state index contributed by atoms with van der Waals surface area (Å²) in [6.07, 6.45) is 1.30. The van der Waals surface area contributed by atoms with Crippen LogP contribution in [0, 0.1) is 17.2 Å². The van der Waals surface area contributed by atoms with Crippen LogP contribution in [0.1, 0.15) is 13.8 Å². The van der Waals surface area contributed by atoms with Crippen molar-refractivity contribution in [3.63, 3.8) is 0 Å². The van der Waals surface area contributed by atoms with Crippen LogP contribution in [-0.2, 0) is 4.74 Å². The summed E-state index contributed by atoms with van der Waals surface area (Å²) < 4.78 is 4.58. The zero-order chi connectivity index (χ0) is 7.98. The van der Waals surface area contributed by atoms with Crippen LogP contribution in [-0.4, -0.2) is 19.6 Å². The Labute approximate surface area is 61.3 Å². The largest absolute Gasteiger partial charge is 0.487 e. The number of nitriles is 1. The second-order valence-electron chi connectivity index (χ2n) is 2.31. The SMILES string of the molecule is COC=NC(C#N)C(C)C. The van der Waals surface area contributed by atoms with Gasteiger partial charge in [-0.05, 0) is 5.92 Å². The maximum atomic E-state index is 8.50. The summed E-state index contributed by atoms with van der Waals surface area (Å²) in [6, 6.07) is 1.78. The molecule has 56 valence electrons. The maximum Gasteiger partial charge on any atom is 0.170 e. The van der Waals surface area contributed by atoms with E-state index in [1.54, 1.807) is 0 Å². The Kier molecular flexibility index (Phi) is 4.30. The van der Waals surface area contributed by atoms with E-state index in [9.17, 15) is 0 Å². The Balaban J connectivity index is 3.86. The minimum absolute atomic E-state index is 0.247. The van der Waals surface area contributed by atoms with Gasteiger partial charge in [-0.1, -0.05) is 13.8 Å². The first-order valence-electron chi connectivity index (χ1n) is 3.16. The maximum absolute atomic E-state index is 8.50. The smallest absolute Gasteiger partial charge is 0.170 e. The van der Waals surface area contributed by atoms with Crippen molar-refractivity contribution in [2.24, 2.45) is 10.9 Å². The molecule has 0 aliphatic carbocycles. The fraction of sp³-hybridized carbons (Fsp3) is 0.714. The van der Waals surface area contributed by atoms with Gasteiger partial charge in [-0.2, -0.15) is 5.26 Å². The molecule has 0 N–H and O–H groups in total. The highest BCUT2D eigenvalue weighted by atomic mass is 16.5. The number of rotatable bonds is 3. The molecule has 0 aliphatic rings. The third-order valence-electron chi connectivity index (χ3n) is 1.09. The molecule has 0 aromatic heterocycles. The number of methoxy groups -OCH3 is 1. The molecule has 3 heteroatoms. The lowest BCUT2D eigenvalue weighted by molar-refractivity contribution is 0.415. The van der Waals surface area contributed by atoms with Gasteiger partial charge in [-0.3, -0.25) is 0 Å². The fourth-order valence-corrected chi connectivity index (χ4v) is 0.481. The Hall–Kier alpha value is -1.04. The van der Waals surface area contributed by atoms with Gasteiger partial charge in [-0.25, -0.2) is 4.99 Å². The Morgan fingerprint density at radius 1 is 1.60 bits per heavy atom. The average Bonchev–Trinajstić information content (AvgIpc) is 1.89. The average molecular weight is 140 g/mol. The molecule has 3 nitrogen and oxygen atoms in total. The predicted molar refractivity (Wildman–Crippen MR) is 39.7 cm³/mol. The summed E-state index contributed by atoms with van der Waals surface area (Å²) in [5.74, 6) is 0.247. The summed E-state index contributed by atoms with van der Waals surface area (Å²) >= 11 is 0. The van der Waals surface area contributed by atoms with E-state index in [1.165, 1.54) is 13.5 Å². The molecule has 1 atom stereocenters. The zero-order valence-corrected chi connectivity index (χ0v) is 6.53. The molecular formula is C7H12N2O. The minimum Gasteiger partial charge on any atom is -0.487 e. The van der Waals surface area contributed by atoms with E-state index in [-0.39, 0.29) is 12.0 Å². The topological polar surface area (TPSA) is 45.4 Å². The quantitative estimate of drug-likeness (QED) is 0.437.